The molecule has 0 bridgehead atoms. The van der Waals surface area contributed by atoms with E-state index in [1.807, 2.05) is 29.2 Å². The van der Waals surface area contributed by atoms with Crippen LogP contribution in [0.5, 0.6) is 0 Å². The van der Waals surface area contributed by atoms with Crippen molar-refractivity contribution in [2.45, 2.75) is 63.8 Å². The molecule has 1 unspecified atom stereocenters. The number of carbonyl (C=O) groups is 2. The highest BCUT2D eigenvalue weighted by atomic mass is 35.5. The highest BCUT2D eigenvalue weighted by Gasteiger charge is 2.40. The van der Waals surface area contributed by atoms with E-state index in [1.54, 1.807) is 0 Å². The molecule has 27 heavy (non-hydrogen) atoms. The monoisotopic (exact) mass is 391 g/mol. The third-order valence-electron chi connectivity index (χ3n) is 6.46. The summed E-state index contributed by atoms with van der Waals surface area (Å²) in [7, 11) is 0. The molecule has 0 spiro atoms. The van der Waals surface area contributed by atoms with Gasteiger partial charge in [-0.15, -0.1) is 0 Å². The van der Waals surface area contributed by atoms with Crippen molar-refractivity contribution >= 4 is 23.3 Å². The number of benzene rings is 1. The predicted molar refractivity (Wildman–Crippen MR) is 101 cm³/mol. The number of nitrogens with zero attached hydrogens (tertiary/aromatic N) is 1. The van der Waals surface area contributed by atoms with E-state index in [9.17, 15) is 9.59 Å². The smallest absolute Gasteiger partial charge is 0.424 e. The molecule has 4 rings (SSSR count). The molecule has 5 nitrogen and oxygen atoms in total. The maximum absolute atomic E-state index is 12.6. The molecule has 1 atom stereocenters. The van der Waals surface area contributed by atoms with Crippen molar-refractivity contribution in [1.82, 2.24) is 4.90 Å². The summed E-state index contributed by atoms with van der Waals surface area (Å²) in [6.07, 6.45) is 10.2. The lowest BCUT2D eigenvalue weighted by Gasteiger charge is -2.33. The summed E-state index contributed by atoms with van der Waals surface area (Å²) in [5, 5.41) is 2.98. The first-order valence-electron chi connectivity index (χ1n) is 10.3. The highest BCUT2D eigenvalue weighted by Crippen LogP contribution is 2.28. The van der Waals surface area contributed by atoms with E-state index in [1.165, 1.54) is 32.1 Å². The summed E-state index contributed by atoms with van der Waals surface area (Å²) in [5.41, 5.74) is 1.98. The maximum Gasteiger partial charge on any atom is 0.424 e. The lowest BCUT2D eigenvalue weighted by atomic mass is 9.86. The Morgan fingerprint density at radius 3 is 2.52 bits per heavy atom. The van der Waals surface area contributed by atoms with Gasteiger partial charge in [0.15, 0.2) is 5.69 Å². The molecular formula is C21H30ClN3O2. The second kappa shape index (κ2) is 9.07. The first kappa shape index (κ1) is 20.2. The van der Waals surface area contributed by atoms with Crippen molar-refractivity contribution < 1.29 is 26.9 Å². The van der Waals surface area contributed by atoms with E-state index in [2.05, 4.69) is 5.32 Å². The first-order chi connectivity index (χ1) is 12.7. The lowest BCUT2D eigenvalue weighted by molar-refractivity contribution is -0.769. The number of likely N-dealkylation sites (tertiary alicyclic amines) is 1. The van der Waals surface area contributed by atoms with Gasteiger partial charge in [-0.3, -0.25) is 10.1 Å². The van der Waals surface area contributed by atoms with Gasteiger partial charge < -0.3 is 17.3 Å². The Labute approximate surface area is 167 Å². The van der Waals surface area contributed by atoms with Crippen LogP contribution in [0.4, 0.5) is 16.2 Å². The maximum atomic E-state index is 12.6. The van der Waals surface area contributed by atoms with E-state index in [0.717, 1.165) is 54.5 Å². The second-order valence-electron chi connectivity index (χ2n) is 8.11. The Kier molecular flexibility index (Phi) is 6.77. The van der Waals surface area contributed by atoms with Crippen molar-refractivity contribution in [1.29, 1.82) is 0 Å². The van der Waals surface area contributed by atoms with Gasteiger partial charge in [0, 0.05) is 38.4 Å². The van der Waals surface area contributed by atoms with Crippen molar-refractivity contribution in [3.8, 4) is 0 Å². The highest BCUT2D eigenvalue weighted by molar-refractivity contribution is 5.93. The molecule has 3 aliphatic rings. The molecule has 1 aromatic carbocycles. The zero-order valence-corrected chi connectivity index (χ0v) is 16.6. The average molecular weight is 392 g/mol. The summed E-state index contributed by atoms with van der Waals surface area (Å²) in [6, 6.07) is 8.25. The van der Waals surface area contributed by atoms with E-state index >= 15 is 0 Å². The van der Waals surface area contributed by atoms with Crippen LogP contribution in [-0.2, 0) is 4.79 Å². The van der Waals surface area contributed by atoms with Gasteiger partial charge in [-0.2, -0.15) is 0 Å². The van der Waals surface area contributed by atoms with Crippen molar-refractivity contribution in [3.05, 3.63) is 24.3 Å². The largest absolute Gasteiger partial charge is 1.00 e. The number of halogens is 1. The second-order valence-corrected chi connectivity index (χ2v) is 8.11. The number of carbonyl (C=O) groups excluding carboxylic acids is 2. The Balaban J connectivity index is 0.00000210. The zero-order valence-electron chi connectivity index (χ0n) is 15.9. The number of rotatable bonds is 4. The van der Waals surface area contributed by atoms with Gasteiger partial charge in [-0.05, 0) is 18.4 Å². The summed E-state index contributed by atoms with van der Waals surface area (Å²) >= 11 is 0. The molecule has 0 aromatic heterocycles. The Bertz CT molecular complexity index is 667. The summed E-state index contributed by atoms with van der Waals surface area (Å²) < 4.78 is 0. The molecule has 2 aliphatic heterocycles. The van der Waals surface area contributed by atoms with Gasteiger partial charge >= 0.3 is 6.03 Å². The normalized spacial score (nSPS) is 23.5. The minimum absolute atomic E-state index is 0. The van der Waals surface area contributed by atoms with Gasteiger partial charge in [0.05, 0.1) is 0 Å². The predicted octanol–water partition coefficient (Wildman–Crippen LogP) is 0.104. The van der Waals surface area contributed by atoms with Gasteiger partial charge in [0.25, 0.3) is 0 Å². The van der Waals surface area contributed by atoms with Crippen LogP contribution in [0.1, 0.15) is 57.8 Å². The first-order valence-corrected chi connectivity index (χ1v) is 10.3. The summed E-state index contributed by atoms with van der Waals surface area (Å²) in [6.45, 7) is 1.57. The van der Waals surface area contributed by atoms with Crippen LogP contribution in [0.15, 0.2) is 24.3 Å². The number of para-hydroxylation sites is 2. The van der Waals surface area contributed by atoms with Crippen LogP contribution in [-0.4, -0.2) is 36.0 Å². The molecule has 148 valence electrons. The fraction of sp³-hybridized carbons (Fsp3) is 0.619. The van der Waals surface area contributed by atoms with Crippen molar-refractivity contribution in [3.63, 3.8) is 0 Å². The van der Waals surface area contributed by atoms with E-state index in [4.69, 9.17) is 0 Å². The number of quaternary nitrogens is 1. The number of fused-ring (bicyclic) bond motifs is 1. The molecule has 2 heterocycles. The molecule has 2 fully saturated rings. The molecule has 3 amide bonds. The molecule has 1 aliphatic carbocycles. The molecule has 0 radical (unpaired) electrons. The molecule has 1 aromatic rings. The van der Waals surface area contributed by atoms with Gasteiger partial charge in [0.2, 0.25) is 5.91 Å². The number of amides is 3. The molecular weight excluding hydrogens is 362 g/mol. The molecule has 1 saturated heterocycles. The number of urea groups is 1. The van der Waals surface area contributed by atoms with Crippen LogP contribution >= 0.6 is 0 Å². The van der Waals surface area contributed by atoms with E-state index in [-0.39, 0.29) is 24.5 Å². The van der Waals surface area contributed by atoms with Gasteiger partial charge in [-0.1, -0.05) is 44.2 Å². The molecule has 2 N–H and O–H groups in total. The SMILES string of the molecule is O=C(CCC1CCCCC1)N1CCC([NH+]2C(=O)Nc3ccccc32)CC1.[Cl-]. The third-order valence-corrected chi connectivity index (χ3v) is 6.46. The fourth-order valence-corrected chi connectivity index (χ4v) is 4.92. The van der Waals surface area contributed by atoms with Crippen molar-refractivity contribution in [2.24, 2.45) is 5.92 Å². The quantitative estimate of drug-likeness (QED) is 0.765. The fourth-order valence-electron chi connectivity index (χ4n) is 4.92. The summed E-state index contributed by atoms with van der Waals surface area (Å²) in [4.78, 5) is 27.9. The van der Waals surface area contributed by atoms with Crippen LogP contribution in [0.25, 0.3) is 0 Å². The average Bonchev–Trinajstić information content (AvgIpc) is 3.03. The zero-order chi connectivity index (χ0) is 17.9. The summed E-state index contributed by atoms with van der Waals surface area (Å²) in [5.74, 6) is 1.08. The van der Waals surface area contributed by atoms with Crippen LogP contribution < -0.4 is 22.6 Å². The third kappa shape index (κ3) is 4.46. The Morgan fingerprint density at radius 1 is 1.07 bits per heavy atom. The Morgan fingerprint density at radius 2 is 1.78 bits per heavy atom. The van der Waals surface area contributed by atoms with E-state index in [0.29, 0.717) is 12.3 Å². The van der Waals surface area contributed by atoms with Crippen molar-refractivity contribution in [2.75, 3.05) is 18.4 Å². The molecule has 1 saturated carbocycles. The lowest BCUT2D eigenvalue weighted by Crippen LogP contribution is -3.13. The number of hydrogen-bond donors (Lipinski definition) is 2. The van der Waals surface area contributed by atoms with Crippen LogP contribution in [0.3, 0.4) is 0 Å². The van der Waals surface area contributed by atoms with Gasteiger partial charge in [-0.25, -0.2) is 9.69 Å². The van der Waals surface area contributed by atoms with E-state index < -0.39 is 0 Å². The number of nitrogens with one attached hydrogen (secondary N) is 2. The standard InChI is InChI=1S/C21H29N3O2.ClH/c25-20(11-10-16-6-2-1-3-7-16)23-14-12-17(13-15-23)24-19-9-5-4-8-18(19)22-21(24)26;/h4-5,8-9,16-17H,1-3,6-7,10-15H2,(H,22,26);1H. The minimum atomic E-state index is 0. The molecule has 6 heteroatoms. The topological polar surface area (TPSA) is 53.9 Å². The minimum Gasteiger partial charge on any atom is -1.00 e. The number of hydrogen-bond acceptors (Lipinski definition) is 2. The Hall–Kier alpha value is -1.59. The number of anilines is 1. The number of piperidine rings is 1. The van der Waals surface area contributed by atoms with Gasteiger partial charge in [0.1, 0.15) is 11.7 Å². The van der Waals surface area contributed by atoms with Crippen LogP contribution in [0.2, 0.25) is 0 Å². The van der Waals surface area contributed by atoms with Crippen LogP contribution in [0, 0.1) is 5.92 Å².